The van der Waals surface area contributed by atoms with Crippen molar-refractivity contribution in [3.8, 4) is 0 Å². The Morgan fingerprint density at radius 2 is 2.12 bits per heavy atom. The van der Waals surface area contributed by atoms with Crippen LogP contribution in [0.5, 0.6) is 0 Å². The molecule has 6 nitrogen and oxygen atoms in total. The minimum Gasteiger partial charge on any atom is -0.378 e. The van der Waals surface area contributed by atoms with E-state index in [0.29, 0.717) is 18.2 Å². The highest BCUT2D eigenvalue weighted by atomic mass is 16.5. The molecule has 2 aromatic rings. The van der Waals surface area contributed by atoms with Crippen LogP contribution < -0.4 is 4.90 Å². The molecule has 1 amide bonds. The Balaban J connectivity index is 1.70. The molecule has 1 fully saturated rings. The second-order valence-electron chi connectivity index (χ2n) is 7.80. The second kappa shape index (κ2) is 7.48. The third-order valence-electron chi connectivity index (χ3n) is 4.76. The topological polar surface area (TPSA) is 62.5 Å². The van der Waals surface area contributed by atoms with Crippen molar-refractivity contribution in [2.75, 3.05) is 32.1 Å². The number of hydrogen-bond donors (Lipinski definition) is 0. The third-order valence-corrected chi connectivity index (χ3v) is 4.76. The summed E-state index contributed by atoms with van der Waals surface area (Å²) in [7, 11) is 4.06. The van der Waals surface area contributed by atoms with E-state index in [1.807, 2.05) is 25.9 Å². The number of likely N-dealkylation sites (tertiary alicyclic amines) is 1. The Bertz CT molecular complexity index is 782. The van der Waals surface area contributed by atoms with Crippen LogP contribution in [0.15, 0.2) is 22.7 Å². The number of aromatic nitrogens is 2. The average molecular weight is 356 g/mol. The van der Waals surface area contributed by atoms with Crippen LogP contribution in [0.2, 0.25) is 0 Å². The van der Waals surface area contributed by atoms with E-state index in [0.717, 1.165) is 42.2 Å². The highest BCUT2D eigenvalue weighted by Gasteiger charge is 2.31. The van der Waals surface area contributed by atoms with E-state index in [-0.39, 0.29) is 11.8 Å². The van der Waals surface area contributed by atoms with Gasteiger partial charge in [-0.2, -0.15) is 0 Å². The number of aryl methyl sites for hydroxylation is 1. The van der Waals surface area contributed by atoms with Gasteiger partial charge < -0.3 is 14.3 Å². The van der Waals surface area contributed by atoms with E-state index >= 15 is 0 Å². The summed E-state index contributed by atoms with van der Waals surface area (Å²) in [6, 6.07) is 5.98. The second-order valence-corrected chi connectivity index (χ2v) is 7.80. The molecule has 2 aromatic heterocycles. The van der Waals surface area contributed by atoms with Gasteiger partial charge in [-0.25, -0.2) is 0 Å². The molecule has 0 spiro atoms. The number of carbonyl (C=O) groups excluding carboxylic acids is 1. The summed E-state index contributed by atoms with van der Waals surface area (Å²) in [6.07, 6.45) is 1.74. The predicted octanol–water partition coefficient (Wildman–Crippen LogP) is 3.27. The predicted molar refractivity (Wildman–Crippen MR) is 102 cm³/mol. The van der Waals surface area contributed by atoms with Gasteiger partial charge in [0.15, 0.2) is 0 Å². The minimum atomic E-state index is -0.0736. The van der Waals surface area contributed by atoms with Crippen LogP contribution in [0.3, 0.4) is 0 Å². The van der Waals surface area contributed by atoms with Crippen LogP contribution in [0.1, 0.15) is 53.8 Å². The molecule has 0 bridgehead atoms. The molecular formula is C20H28N4O2. The van der Waals surface area contributed by atoms with Crippen molar-refractivity contribution in [2.24, 2.45) is 5.92 Å². The van der Waals surface area contributed by atoms with E-state index < -0.39 is 0 Å². The first kappa shape index (κ1) is 18.4. The fourth-order valence-electron chi connectivity index (χ4n) is 3.41. The Hall–Kier alpha value is -2.37. The standard InChI is InChI=1S/C20H28N4O2/c1-13(2)8-16-10-19(26-22-16)20(25)24-7-6-15(12-24)18-11-17(23(4)5)9-14(3)21-18/h9-11,13,15H,6-8,12H2,1-5H3. The average Bonchev–Trinajstić information content (AvgIpc) is 3.22. The molecule has 1 atom stereocenters. The van der Waals surface area contributed by atoms with Crippen molar-refractivity contribution in [1.29, 1.82) is 0 Å². The molecule has 26 heavy (non-hydrogen) atoms. The van der Waals surface area contributed by atoms with Gasteiger partial charge in [0.05, 0.1) is 5.69 Å². The first-order valence-electron chi connectivity index (χ1n) is 9.24. The molecule has 3 heterocycles. The maximum atomic E-state index is 12.7. The molecule has 0 aliphatic carbocycles. The van der Waals surface area contributed by atoms with Crippen molar-refractivity contribution in [3.05, 3.63) is 41.0 Å². The van der Waals surface area contributed by atoms with E-state index in [1.165, 1.54) is 0 Å². The third kappa shape index (κ3) is 4.06. The lowest BCUT2D eigenvalue weighted by Gasteiger charge is -2.18. The van der Waals surface area contributed by atoms with E-state index in [9.17, 15) is 4.79 Å². The first-order chi connectivity index (χ1) is 12.3. The largest absolute Gasteiger partial charge is 0.378 e. The van der Waals surface area contributed by atoms with Crippen LogP contribution in [0.25, 0.3) is 0 Å². The van der Waals surface area contributed by atoms with Crippen molar-refractivity contribution >= 4 is 11.6 Å². The summed E-state index contributed by atoms with van der Waals surface area (Å²) >= 11 is 0. The van der Waals surface area contributed by atoms with Crippen molar-refractivity contribution in [2.45, 2.75) is 39.5 Å². The van der Waals surface area contributed by atoms with Gasteiger partial charge in [-0.3, -0.25) is 9.78 Å². The molecule has 0 saturated carbocycles. The molecule has 3 rings (SSSR count). The van der Waals surface area contributed by atoms with Gasteiger partial charge in [0, 0.05) is 56.2 Å². The zero-order chi connectivity index (χ0) is 18.8. The maximum Gasteiger partial charge on any atom is 0.292 e. The van der Waals surface area contributed by atoms with Crippen LogP contribution in [0, 0.1) is 12.8 Å². The van der Waals surface area contributed by atoms with Gasteiger partial charge in [0.1, 0.15) is 0 Å². The smallest absolute Gasteiger partial charge is 0.292 e. The van der Waals surface area contributed by atoms with Crippen LogP contribution >= 0.6 is 0 Å². The molecular weight excluding hydrogens is 328 g/mol. The first-order valence-corrected chi connectivity index (χ1v) is 9.24. The van der Waals surface area contributed by atoms with Gasteiger partial charge in [0.25, 0.3) is 5.91 Å². The summed E-state index contributed by atoms with van der Waals surface area (Å²) in [6.45, 7) is 7.65. The molecule has 0 N–H and O–H groups in total. The summed E-state index contributed by atoms with van der Waals surface area (Å²) in [4.78, 5) is 21.4. The summed E-state index contributed by atoms with van der Waals surface area (Å²) < 4.78 is 5.29. The Labute approximate surface area is 155 Å². The van der Waals surface area contributed by atoms with Crippen LogP contribution in [-0.4, -0.2) is 48.1 Å². The SMILES string of the molecule is Cc1cc(N(C)C)cc(C2CCN(C(=O)c3cc(CC(C)C)no3)C2)n1. The number of rotatable bonds is 5. The quantitative estimate of drug-likeness (QED) is 0.823. The minimum absolute atomic E-state index is 0.0736. The molecule has 6 heteroatoms. The number of carbonyl (C=O) groups is 1. The number of pyridine rings is 1. The van der Waals surface area contributed by atoms with Gasteiger partial charge in [0.2, 0.25) is 5.76 Å². The van der Waals surface area contributed by atoms with E-state index in [1.54, 1.807) is 6.07 Å². The zero-order valence-electron chi connectivity index (χ0n) is 16.3. The number of nitrogens with zero attached hydrogens (tertiary/aromatic N) is 4. The van der Waals surface area contributed by atoms with Crippen LogP contribution in [0.4, 0.5) is 5.69 Å². The highest BCUT2D eigenvalue weighted by Crippen LogP contribution is 2.29. The lowest BCUT2D eigenvalue weighted by Crippen LogP contribution is -2.28. The lowest BCUT2D eigenvalue weighted by atomic mass is 10.0. The monoisotopic (exact) mass is 356 g/mol. The van der Waals surface area contributed by atoms with E-state index in [2.05, 4.69) is 36.0 Å². The Morgan fingerprint density at radius 1 is 1.35 bits per heavy atom. The molecule has 140 valence electrons. The van der Waals surface area contributed by atoms with E-state index in [4.69, 9.17) is 9.51 Å². The summed E-state index contributed by atoms with van der Waals surface area (Å²) in [5.41, 5.74) is 4.05. The lowest BCUT2D eigenvalue weighted by molar-refractivity contribution is 0.0749. The fraction of sp³-hybridized carbons (Fsp3) is 0.550. The van der Waals surface area contributed by atoms with Crippen molar-refractivity contribution in [1.82, 2.24) is 15.0 Å². The molecule has 0 aromatic carbocycles. The van der Waals surface area contributed by atoms with Gasteiger partial charge in [-0.15, -0.1) is 0 Å². The molecule has 1 aliphatic heterocycles. The number of anilines is 1. The fourth-order valence-corrected chi connectivity index (χ4v) is 3.41. The number of hydrogen-bond acceptors (Lipinski definition) is 5. The summed E-state index contributed by atoms with van der Waals surface area (Å²) in [5, 5.41) is 4.03. The highest BCUT2D eigenvalue weighted by molar-refractivity contribution is 5.91. The van der Waals surface area contributed by atoms with Gasteiger partial charge in [-0.05, 0) is 37.8 Å². The van der Waals surface area contributed by atoms with Gasteiger partial charge >= 0.3 is 0 Å². The maximum absolute atomic E-state index is 12.7. The molecule has 1 saturated heterocycles. The zero-order valence-corrected chi connectivity index (χ0v) is 16.3. The molecule has 1 unspecified atom stereocenters. The Kier molecular flexibility index (Phi) is 5.30. The van der Waals surface area contributed by atoms with Crippen molar-refractivity contribution in [3.63, 3.8) is 0 Å². The molecule has 1 aliphatic rings. The molecule has 0 radical (unpaired) electrons. The Morgan fingerprint density at radius 3 is 2.81 bits per heavy atom. The van der Waals surface area contributed by atoms with Gasteiger partial charge in [-0.1, -0.05) is 19.0 Å². The van der Waals surface area contributed by atoms with Crippen LogP contribution in [-0.2, 0) is 6.42 Å². The normalized spacial score (nSPS) is 17.2. The van der Waals surface area contributed by atoms with Crippen molar-refractivity contribution < 1.29 is 9.32 Å². The number of amides is 1. The summed E-state index contributed by atoms with van der Waals surface area (Å²) in [5.74, 6) is 1.01.